The molecule has 0 bridgehead atoms. The van der Waals surface area contributed by atoms with E-state index in [2.05, 4.69) is 20.8 Å². The van der Waals surface area contributed by atoms with E-state index >= 15 is 0 Å². The van der Waals surface area contributed by atoms with Crippen molar-refractivity contribution >= 4 is 29.3 Å². The summed E-state index contributed by atoms with van der Waals surface area (Å²) in [4.78, 5) is 24.8. The number of carbonyl (C=O) groups is 2. The monoisotopic (exact) mass is 441 g/mol. The Morgan fingerprint density at radius 3 is 2.52 bits per heavy atom. The molecule has 0 radical (unpaired) electrons. The topological polar surface area (TPSA) is 88.9 Å². The molecule has 9 heteroatoms. The first-order valence-electron chi connectivity index (χ1n) is 9.86. The van der Waals surface area contributed by atoms with E-state index in [-0.39, 0.29) is 29.4 Å². The van der Waals surface area contributed by atoms with Gasteiger partial charge in [0.15, 0.2) is 11.0 Å². The zero-order chi connectivity index (χ0) is 22.4. The average molecular weight is 442 g/mol. The number of thioether (sulfide) groups is 1. The summed E-state index contributed by atoms with van der Waals surface area (Å²) in [7, 11) is 0. The van der Waals surface area contributed by atoms with Crippen LogP contribution >= 0.6 is 11.8 Å². The Morgan fingerprint density at radius 1 is 1.13 bits per heavy atom. The number of carbonyl (C=O) groups excluding carboxylic acids is 2. The van der Waals surface area contributed by atoms with Crippen molar-refractivity contribution in [2.24, 2.45) is 0 Å². The van der Waals surface area contributed by atoms with E-state index in [4.69, 9.17) is 0 Å². The van der Waals surface area contributed by atoms with Gasteiger partial charge in [-0.2, -0.15) is 0 Å². The fourth-order valence-electron chi connectivity index (χ4n) is 3.05. The lowest BCUT2D eigenvalue weighted by Gasteiger charge is -2.16. The number of aromatic nitrogens is 3. The highest BCUT2D eigenvalue weighted by Crippen LogP contribution is 2.21. The van der Waals surface area contributed by atoms with Crippen LogP contribution in [0, 0.1) is 12.7 Å². The van der Waals surface area contributed by atoms with Crippen molar-refractivity contribution in [2.45, 2.75) is 38.5 Å². The Labute approximate surface area is 184 Å². The molecule has 0 aliphatic rings. The third-order valence-electron chi connectivity index (χ3n) is 4.65. The van der Waals surface area contributed by atoms with Gasteiger partial charge in [0.05, 0.1) is 11.8 Å². The number of aryl methyl sites for hydroxylation is 1. The fraction of sp³-hybridized carbons (Fsp3) is 0.273. The maximum absolute atomic E-state index is 13.0. The Bertz CT molecular complexity index is 1070. The molecule has 2 N–H and O–H groups in total. The summed E-state index contributed by atoms with van der Waals surface area (Å²) >= 11 is 1.25. The van der Waals surface area contributed by atoms with Crippen molar-refractivity contribution < 1.29 is 14.0 Å². The van der Waals surface area contributed by atoms with Crippen LogP contribution in [0.15, 0.2) is 53.7 Å². The number of hydrogen-bond acceptors (Lipinski definition) is 5. The molecule has 0 aliphatic heterocycles. The van der Waals surface area contributed by atoms with E-state index in [1.54, 1.807) is 6.07 Å². The minimum absolute atomic E-state index is 0.124. The largest absolute Gasteiger partial charge is 0.342 e. The number of anilines is 1. The molecule has 0 unspecified atom stereocenters. The van der Waals surface area contributed by atoms with Gasteiger partial charge in [-0.1, -0.05) is 30.0 Å². The molecule has 2 amide bonds. The number of amides is 2. The second kappa shape index (κ2) is 10.2. The second-order valence-electron chi connectivity index (χ2n) is 6.94. The molecule has 3 aromatic rings. The van der Waals surface area contributed by atoms with Gasteiger partial charge < -0.3 is 15.2 Å². The van der Waals surface area contributed by atoms with Crippen molar-refractivity contribution in [3.8, 4) is 0 Å². The Kier molecular flexibility index (Phi) is 7.41. The van der Waals surface area contributed by atoms with E-state index in [1.807, 2.05) is 43.5 Å². The molecular weight excluding hydrogens is 417 g/mol. The lowest BCUT2D eigenvalue weighted by Crippen LogP contribution is -2.29. The Balaban J connectivity index is 1.63. The van der Waals surface area contributed by atoms with Gasteiger partial charge >= 0.3 is 0 Å². The second-order valence-corrected chi connectivity index (χ2v) is 7.88. The van der Waals surface area contributed by atoms with Gasteiger partial charge in [-0.05, 0) is 56.7 Å². The van der Waals surface area contributed by atoms with Crippen LogP contribution in [0.25, 0.3) is 0 Å². The van der Waals surface area contributed by atoms with E-state index in [0.717, 1.165) is 5.56 Å². The highest BCUT2D eigenvalue weighted by atomic mass is 32.2. The molecule has 1 atom stereocenters. The van der Waals surface area contributed by atoms with Gasteiger partial charge in [0.1, 0.15) is 5.82 Å². The van der Waals surface area contributed by atoms with Gasteiger partial charge in [-0.25, -0.2) is 4.39 Å². The third kappa shape index (κ3) is 5.69. The SMILES string of the molecule is CCn1c(SCC(=O)Nc2ccc(F)cc2)nnc1[C@@H](C)NC(=O)c1ccccc1C. The molecule has 7 nitrogen and oxygen atoms in total. The van der Waals surface area contributed by atoms with Gasteiger partial charge in [-0.15, -0.1) is 10.2 Å². The smallest absolute Gasteiger partial charge is 0.252 e. The molecule has 2 aromatic carbocycles. The van der Waals surface area contributed by atoms with Crippen LogP contribution in [-0.4, -0.2) is 32.3 Å². The van der Waals surface area contributed by atoms with Crippen molar-refractivity contribution in [3.63, 3.8) is 0 Å². The van der Waals surface area contributed by atoms with Crippen LogP contribution in [-0.2, 0) is 11.3 Å². The molecule has 0 saturated heterocycles. The normalized spacial score (nSPS) is 11.7. The number of halogens is 1. The van der Waals surface area contributed by atoms with Gasteiger partial charge in [0.2, 0.25) is 5.91 Å². The lowest BCUT2D eigenvalue weighted by atomic mass is 10.1. The van der Waals surface area contributed by atoms with Crippen molar-refractivity contribution in [3.05, 3.63) is 71.3 Å². The van der Waals surface area contributed by atoms with Crippen LogP contribution in [0.4, 0.5) is 10.1 Å². The lowest BCUT2D eigenvalue weighted by molar-refractivity contribution is -0.113. The molecule has 0 saturated carbocycles. The Hall–Kier alpha value is -3.20. The zero-order valence-corrected chi connectivity index (χ0v) is 18.4. The van der Waals surface area contributed by atoms with Crippen molar-refractivity contribution in [1.82, 2.24) is 20.1 Å². The van der Waals surface area contributed by atoms with E-state index in [0.29, 0.717) is 28.8 Å². The first kappa shape index (κ1) is 22.5. The minimum Gasteiger partial charge on any atom is -0.342 e. The van der Waals surface area contributed by atoms with Crippen molar-refractivity contribution in [1.29, 1.82) is 0 Å². The van der Waals surface area contributed by atoms with Gasteiger partial charge in [-0.3, -0.25) is 9.59 Å². The van der Waals surface area contributed by atoms with E-state index < -0.39 is 0 Å². The molecule has 1 aromatic heterocycles. The number of nitrogens with zero attached hydrogens (tertiary/aromatic N) is 3. The molecular formula is C22H24FN5O2S. The van der Waals surface area contributed by atoms with E-state index in [1.165, 1.54) is 36.0 Å². The van der Waals surface area contributed by atoms with Gasteiger partial charge in [0, 0.05) is 17.8 Å². The summed E-state index contributed by atoms with van der Waals surface area (Å²) in [6.07, 6.45) is 0. The molecule has 1 heterocycles. The molecule has 0 aliphatic carbocycles. The van der Waals surface area contributed by atoms with Crippen LogP contribution in [0.2, 0.25) is 0 Å². The number of benzene rings is 2. The summed E-state index contributed by atoms with van der Waals surface area (Å²) in [5.41, 5.74) is 2.04. The number of nitrogens with one attached hydrogen (secondary N) is 2. The Morgan fingerprint density at radius 2 is 1.84 bits per heavy atom. The van der Waals surface area contributed by atoms with E-state index in [9.17, 15) is 14.0 Å². The van der Waals surface area contributed by atoms with Crippen LogP contribution < -0.4 is 10.6 Å². The molecule has 31 heavy (non-hydrogen) atoms. The standard InChI is InChI=1S/C22H24FN5O2S/c1-4-28-20(15(3)24-21(30)18-8-6-5-7-14(18)2)26-27-22(28)31-13-19(29)25-17-11-9-16(23)10-12-17/h5-12,15H,4,13H2,1-3H3,(H,24,30)(H,25,29)/t15-/m1/s1. The predicted octanol–water partition coefficient (Wildman–Crippen LogP) is 3.97. The van der Waals surface area contributed by atoms with Crippen molar-refractivity contribution in [2.75, 3.05) is 11.1 Å². The highest BCUT2D eigenvalue weighted by Gasteiger charge is 2.20. The van der Waals surface area contributed by atoms with Crippen LogP contribution in [0.5, 0.6) is 0 Å². The summed E-state index contributed by atoms with van der Waals surface area (Å²) < 4.78 is 14.9. The molecule has 0 spiro atoms. The summed E-state index contributed by atoms with van der Waals surface area (Å²) in [6, 6.07) is 12.6. The first-order chi connectivity index (χ1) is 14.9. The summed E-state index contributed by atoms with van der Waals surface area (Å²) in [5, 5.41) is 14.7. The fourth-order valence-corrected chi connectivity index (χ4v) is 3.86. The third-order valence-corrected chi connectivity index (χ3v) is 5.61. The zero-order valence-electron chi connectivity index (χ0n) is 17.6. The predicted molar refractivity (Wildman–Crippen MR) is 119 cm³/mol. The average Bonchev–Trinajstić information content (AvgIpc) is 3.17. The number of hydrogen-bond donors (Lipinski definition) is 2. The van der Waals surface area contributed by atoms with Gasteiger partial charge in [0.25, 0.3) is 5.91 Å². The maximum Gasteiger partial charge on any atom is 0.252 e. The van der Waals surface area contributed by atoms with Crippen LogP contribution in [0.3, 0.4) is 0 Å². The molecule has 0 fully saturated rings. The summed E-state index contributed by atoms with van der Waals surface area (Å²) in [5.74, 6) is -0.0290. The maximum atomic E-state index is 13.0. The van der Waals surface area contributed by atoms with Crippen LogP contribution in [0.1, 0.15) is 41.6 Å². The highest BCUT2D eigenvalue weighted by molar-refractivity contribution is 7.99. The summed E-state index contributed by atoms with van der Waals surface area (Å²) in [6.45, 7) is 6.28. The quantitative estimate of drug-likeness (QED) is 0.517. The molecule has 162 valence electrons. The first-order valence-corrected chi connectivity index (χ1v) is 10.9. The molecule has 3 rings (SSSR count). The minimum atomic E-state index is -0.361. The number of rotatable bonds is 8.